The molecule has 3 heterocycles. The van der Waals surface area contributed by atoms with Gasteiger partial charge in [-0.25, -0.2) is 9.18 Å². The number of amides is 2. The molecule has 0 spiro atoms. The first-order chi connectivity index (χ1) is 14.8. The van der Waals surface area contributed by atoms with E-state index in [4.69, 9.17) is 0 Å². The number of carbonyl (C=O) groups is 1. The molecule has 0 saturated carbocycles. The van der Waals surface area contributed by atoms with Gasteiger partial charge >= 0.3 is 12.2 Å². The summed E-state index contributed by atoms with van der Waals surface area (Å²) >= 11 is 0.567. The summed E-state index contributed by atoms with van der Waals surface area (Å²) in [5.41, 5.74) is 3.10. The minimum Gasteiger partial charge on any atom is -0.335 e. The van der Waals surface area contributed by atoms with E-state index in [1.165, 1.54) is 23.1 Å². The molecule has 0 bridgehead atoms. The first-order valence-corrected chi connectivity index (χ1v) is 10.3. The Bertz CT molecular complexity index is 1220. The number of carbonyl (C=O) groups excluding carboxylic acids is 1. The minimum absolute atomic E-state index is 0.215. The van der Waals surface area contributed by atoms with Gasteiger partial charge in [-0.1, -0.05) is 18.2 Å². The van der Waals surface area contributed by atoms with Gasteiger partial charge in [0.25, 0.3) is 0 Å². The van der Waals surface area contributed by atoms with Crippen LogP contribution in [0.3, 0.4) is 0 Å². The highest BCUT2D eigenvalue weighted by Gasteiger charge is 2.36. The molecule has 1 unspecified atom stereocenters. The van der Waals surface area contributed by atoms with Crippen LogP contribution in [0.5, 0.6) is 0 Å². The fourth-order valence-electron chi connectivity index (χ4n) is 3.88. The third-order valence-electron chi connectivity index (χ3n) is 5.40. The predicted molar refractivity (Wildman–Crippen MR) is 112 cm³/mol. The number of hydrogen-bond acceptors (Lipinski definition) is 3. The van der Waals surface area contributed by atoms with Crippen molar-refractivity contribution in [2.75, 3.05) is 11.4 Å². The Morgan fingerprint density at radius 3 is 2.68 bits per heavy atom. The molecule has 1 saturated heterocycles. The van der Waals surface area contributed by atoms with E-state index in [0.29, 0.717) is 33.0 Å². The number of nitrogens with one attached hydrogen (secondary N) is 1. The highest BCUT2D eigenvalue weighted by Crippen LogP contribution is 2.40. The zero-order valence-corrected chi connectivity index (χ0v) is 16.7. The first-order valence-electron chi connectivity index (χ1n) is 9.50. The second kappa shape index (κ2) is 7.19. The average molecular weight is 445 g/mol. The summed E-state index contributed by atoms with van der Waals surface area (Å²) in [6, 6.07) is 11.2. The fourth-order valence-corrected chi connectivity index (χ4v) is 4.75. The maximum atomic E-state index is 15.1. The lowest BCUT2D eigenvalue weighted by Gasteiger charge is -2.24. The molecular weight excluding hydrogens is 430 g/mol. The van der Waals surface area contributed by atoms with Crippen LogP contribution in [0.25, 0.3) is 10.4 Å². The maximum absolute atomic E-state index is 15.1. The molecule has 3 aromatic rings. The summed E-state index contributed by atoms with van der Waals surface area (Å²) in [7, 11) is 0. The van der Waals surface area contributed by atoms with Gasteiger partial charge in [0.2, 0.25) is 0 Å². The second-order valence-corrected chi connectivity index (χ2v) is 8.38. The normalized spacial score (nSPS) is 17.9. The van der Waals surface area contributed by atoms with E-state index in [2.05, 4.69) is 10.3 Å². The van der Waals surface area contributed by atoms with Crippen molar-refractivity contribution >= 4 is 35.0 Å². The number of anilines is 1. The highest BCUT2D eigenvalue weighted by molar-refractivity contribution is 7.15. The molecule has 1 N–H and O–H groups in total. The Labute approximate surface area is 178 Å². The zero-order valence-electron chi connectivity index (χ0n) is 15.9. The molecule has 2 aliphatic rings. The van der Waals surface area contributed by atoms with Crippen molar-refractivity contribution in [3.8, 4) is 10.4 Å². The quantitative estimate of drug-likeness (QED) is 0.487. The molecule has 5 rings (SSSR count). The number of urea groups is 1. The summed E-state index contributed by atoms with van der Waals surface area (Å²) < 4.78 is 53.7. The largest absolute Gasteiger partial charge is 0.425 e. The maximum Gasteiger partial charge on any atom is 0.425 e. The van der Waals surface area contributed by atoms with Gasteiger partial charge in [-0.05, 0) is 41.5 Å². The molecule has 2 amide bonds. The molecule has 4 nitrogen and oxygen atoms in total. The number of aliphatic imine (C=N–C) groups is 1. The number of hydrogen-bond donors (Lipinski definition) is 1. The number of halogens is 4. The lowest BCUT2D eigenvalue weighted by molar-refractivity contribution is -0.134. The molecule has 1 atom stereocenters. The molecule has 158 valence electrons. The second-order valence-electron chi connectivity index (χ2n) is 7.30. The lowest BCUT2D eigenvalue weighted by Crippen LogP contribution is -2.30. The predicted octanol–water partition coefficient (Wildman–Crippen LogP) is 6.10. The van der Waals surface area contributed by atoms with Gasteiger partial charge in [-0.3, -0.25) is 9.89 Å². The lowest BCUT2D eigenvalue weighted by atomic mass is 10.0. The fraction of sp³-hybridized carbons (Fsp3) is 0.182. The minimum atomic E-state index is -4.43. The number of fused-ring (bicyclic) bond motifs is 1. The van der Waals surface area contributed by atoms with Crippen LogP contribution in [0.2, 0.25) is 0 Å². The van der Waals surface area contributed by atoms with Crippen LogP contribution >= 0.6 is 11.3 Å². The van der Waals surface area contributed by atoms with Gasteiger partial charge in [0.1, 0.15) is 10.7 Å². The van der Waals surface area contributed by atoms with Gasteiger partial charge in [-0.2, -0.15) is 13.2 Å². The van der Waals surface area contributed by atoms with Crippen LogP contribution in [-0.4, -0.2) is 18.8 Å². The summed E-state index contributed by atoms with van der Waals surface area (Å²) in [5, 5.41) is 2.74. The van der Waals surface area contributed by atoms with Crippen LogP contribution < -0.4 is 10.2 Å². The van der Waals surface area contributed by atoms with Crippen molar-refractivity contribution in [2.45, 2.75) is 18.6 Å². The van der Waals surface area contributed by atoms with Crippen LogP contribution in [0, 0.1) is 5.82 Å². The molecule has 0 radical (unpaired) electrons. The molecule has 1 aromatic heterocycles. The van der Waals surface area contributed by atoms with Crippen LogP contribution in [0.4, 0.5) is 33.7 Å². The number of thiophene rings is 1. The third-order valence-corrected chi connectivity index (χ3v) is 6.57. The molecule has 1 fully saturated rings. The summed E-state index contributed by atoms with van der Waals surface area (Å²) in [6.45, 7) is 0.215. The van der Waals surface area contributed by atoms with E-state index >= 15 is 4.39 Å². The third kappa shape index (κ3) is 3.48. The van der Waals surface area contributed by atoms with Crippen LogP contribution in [-0.2, 0) is 12.6 Å². The molecule has 0 aliphatic carbocycles. The van der Waals surface area contributed by atoms with E-state index in [1.807, 2.05) is 12.1 Å². The van der Waals surface area contributed by atoms with E-state index < -0.39 is 22.9 Å². The van der Waals surface area contributed by atoms with Gasteiger partial charge in [0.05, 0.1) is 11.7 Å². The van der Waals surface area contributed by atoms with Crippen LogP contribution in [0.1, 0.15) is 22.0 Å². The smallest absolute Gasteiger partial charge is 0.335 e. The molecule has 31 heavy (non-hydrogen) atoms. The Hall–Kier alpha value is -3.20. The van der Waals surface area contributed by atoms with E-state index in [-0.39, 0.29) is 12.6 Å². The standard InChI is InChI=1S/C22H15F4N3OS/c23-16-9-13(19-5-6-20(31-19)22(24,25)26)2-4-15(16)18-11-28-21(30)29(18)14-3-1-12-7-8-27-17(12)10-14/h1-6,8-10,18H,7,11H2,(H,28,30). The van der Waals surface area contributed by atoms with Crippen molar-refractivity contribution in [2.24, 2.45) is 4.99 Å². The van der Waals surface area contributed by atoms with Gasteiger partial charge in [0.15, 0.2) is 0 Å². The van der Waals surface area contributed by atoms with Gasteiger partial charge < -0.3 is 5.32 Å². The molecule has 2 aliphatic heterocycles. The van der Waals surface area contributed by atoms with E-state index in [1.54, 1.807) is 18.3 Å². The van der Waals surface area contributed by atoms with E-state index in [9.17, 15) is 18.0 Å². The Balaban J connectivity index is 1.47. The van der Waals surface area contributed by atoms with Gasteiger partial charge in [0, 0.05) is 35.3 Å². The van der Waals surface area contributed by atoms with Crippen molar-refractivity contribution < 1.29 is 22.4 Å². The number of nitrogens with zero attached hydrogens (tertiary/aromatic N) is 2. The van der Waals surface area contributed by atoms with Crippen molar-refractivity contribution in [3.63, 3.8) is 0 Å². The van der Waals surface area contributed by atoms with Crippen molar-refractivity contribution in [1.29, 1.82) is 0 Å². The summed E-state index contributed by atoms with van der Waals surface area (Å²) in [4.78, 5) is 17.9. The zero-order chi connectivity index (χ0) is 21.8. The number of alkyl halides is 3. The SMILES string of the molecule is O=C1NCC(c2ccc(-c3ccc(C(F)(F)F)s3)cc2F)N1c1ccc2c(c1)N=CC2. The van der Waals surface area contributed by atoms with Crippen molar-refractivity contribution in [1.82, 2.24) is 5.32 Å². The van der Waals surface area contributed by atoms with E-state index in [0.717, 1.165) is 23.7 Å². The molecule has 2 aromatic carbocycles. The highest BCUT2D eigenvalue weighted by atomic mass is 32.1. The Morgan fingerprint density at radius 2 is 1.94 bits per heavy atom. The number of rotatable bonds is 3. The monoisotopic (exact) mass is 445 g/mol. The summed E-state index contributed by atoms with van der Waals surface area (Å²) in [6.07, 6.45) is -1.90. The average Bonchev–Trinajstić information content (AvgIpc) is 3.46. The molecular formula is C22H15F4N3OS. The number of benzene rings is 2. The molecule has 9 heteroatoms. The van der Waals surface area contributed by atoms with Crippen molar-refractivity contribution in [3.05, 3.63) is 70.4 Å². The summed E-state index contributed by atoms with van der Waals surface area (Å²) in [5.74, 6) is -0.579. The Kier molecular flexibility index (Phi) is 4.58. The topological polar surface area (TPSA) is 44.7 Å². The van der Waals surface area contributed by atoms with Crippen LogP contribution in [0.15, 0.2) is 53.5 Å². The van der Waals surface area contributed by atoms with Gasteiger partial charge in [-0.15, -0.1) is 11.3 Å². The first kappa shape index (κ1) is 19.7. The Morgan fingerprint density at radius 1 is 1.10 bits per heavy atom.